The Labute approximate surface area is 208 Å². The summed E-state index contributed by atoms with van der Waals surface area (Å²) in [6.45, 7) is 4.29. The van der Waals surface area contributed by atoms with Gasteiger partial charge in [0.05, 0.1) is 12.0 Å². The molecule has 0 aromatic carbocycles. The maximum atomic E-state index is 13.5. The lowest BCUT2D eigenvalue weighted by atomic mass is 9.86. The largest absolute Gasteiger partial charge is 0.480 e. The van der Waals surface area contributed by atoms with Crippen LogP contribution in [0.1, 0.15) is 71.1 Å². The third-order valence-electron chi connectivity index (χ3n) is 7.84. The highest BCUT2D eigenvalue weighted by molar-refractivity contribution is 5.97. The number of hydrogen-bond acceptors (Lipinski definition) is 7. The highest BCUT2D eigenvalue weighted by Gasteiger charge is 2.38. The molecule has 10 heteroatoms. The monoisotopic (exact) mass is 494 g/mol. The van der Waals surface area contributed by atoms with Gasteiger partial charge in [-0.25, -0.2) is 10.4 Å². The number of likely N-dealkylation sites (tertiary alicyclic amines) is 1. The van der Waals surface area contributed by atoms with Gasteiger partial charge in [0.1, 0.15) is 6.04 Å². The van der Waals surface area contributed by atoms with Gasteiger partial charge in [0.15, 0.2) is 0 Å². The molecule has 0 unspecified atom stereocenters. The van der Waals surface area contributed by atoms with Crippen molar-refractivity contribution in [1.82, 2.24) is 20.7 Å². The summed E-state index contributed by atoms with van der Waals surface area (Å²) in [5.74, 6) is -2.23. The number of hydrogen-bond donors (Lipinski definition) is 3. The minimum absolute atomic E-state index is 0.0589. The molecule has 3 aliphatic rings. The van der Waals surface area contributed by atoms with E-state index in [9.17, 15) is 24.3 Å². The van der Waals surface area contributed by atoms with E-state index in [1.54, 1.807) is 12.0 Å². The molecule has 10 nitrogen and oxygen atoms in total. The van der Waals surface area contributed by atoms with E-state index >= 15 is 0 Å². The molecule has 3 N–H and O–H groups in total. The van der Waals surface area contributed by atoms with E-state index in [1.165, 1.54) is 6.92 Å². The van der Waals surface area contributed by atoms with Gasteiger partial charge in [-0.2, -0.15) is 0 Å². The molecule has 2 saturated heterocycles. The quantitative estimate of drug-likeness (QED) is 0.325. The van der Waals surface area contributed by atoms with Crippen molar-refractivity contribution in [1.29, 1.82) is 0 Å². The average molecular weight is 495 g/mol. The van der Waals surface area contributed by atoms with Gasteiger partial charge in [0.25, 0.3) is 0 Å². The van der Waals surface area contributed by atoms with E-state index in [1.807, 2.05) is 0 Å². The van der Waals surface area contributed by atoms with E-state index in [0.717, 1.165) is 50.2 Å². The maximum Gasteiger partial charge on any atom is 0.322 e. The fourth-order valence-electron chi connectivity index (χ4n) is 5.46. The second kappa shape index (κ2) is 13.3. The van der Waals surface area contributed by atoms with Gasteiger partial charge in [0, 0.05) is 32.5 Å². The molecular formula is C25H42N4O6. The third-order valence-corrected chi connectivity index (χ3v) is 7.84. The molecule has 3 fully saturated rings. The first kappa shape index (κ1) is 27.5. The lowest BCUT2D eigenvalue weighted by molar-refractivity contribution is -0.159. The Morgan fingerprint density at radius 1 is 1.03 bits per heavy atom. The number of carbonyl (C=O) groups is 4. The molecule has 2 atom stereocenters. The van der Waals surface area contributed by atoms with Gasteiger partial charge in [-0.15, -0.1) is 0 Å². The Morgan fingerprint density at radius 3 is 2.31 bits per heavy atom. The Hall–Kier alpha value is -2.04. The topological polar surface area (TPSA) is 128 Å². The molecule has 3 rings (SSSR count). The number of nitrogens with one attached hydrogen (secondary N) is 2. The van der Waals surface area contributed by atoms with Crippen molar-refractivity contribution in [2.75, 3.05) is 33.3 Å². The van der Waals surface area contributed by atoms with Crippen LogP contribution in [0.5, 0.6) is 0 Å². The Balaban J connectivity index is 1.62. The highest BCUT2D eigenvalue weighted by atomic mass is 16.5. The standard InChI is InChI=1S/C25H42N4O6/c1-17(25(33)34)27-29(23(31)19-6-8-21(35-2)9-7-19)24(32)20-4-3-15-28(16-20)22(30)10-5-18-11-13-26-14-12-18/h17-21,26-27H,3-16H2,1-2H3,(H,33,34)/t17-,19?,20+,21?/m0/s1. The van der Waals surface area contributed by atoms with Crippen LogP contribution in [0.15, 0.2) is 0 Å². The van der Waals surface area contributed by atoms with Crippen LogP contribution >= 0.6 is 0 Å². The minimum atomic E-state index is -1.14. The van der Waals surface area contributed by atoms with Crippen LogP contribution in [-0.4, -0.2) is 84.1 Å². The normalized spacial score (nSPS) is 26.7. The second-order valence-corrected chi connectivity index (χ2v) is 10.3. The molecule has 0 spiro atoms. The zero-order valence-corrected chi connectivity index (χ0v) is 21.2. The van der Waals surface area contributed by atoms with Crippen LogP contribution in [0.3, 0.4) is 0 Å². The summed E-state index contributed by atoms with van der Waals surface area (Å²) >= 11 is 0. The van der Waals surface area contributed by atoms with Gasteiger partial charge >= 0.3 is 5.97 Å². The molecule has 198 valence electrons. The fourth-order valence-corrected chi connectivity index (χ4v) is 5.46. The van der Waals surface area contributed by atoms with Gasteiger partial charge in [-0.05, 0) is 83.7 Å². The number of ether oxygens (including phenoxy) is 1. The Bertz CT molecular complexity index is 748. The van der Waals surface area contributed by atoms with E-state index in [0.29, 0.717) is 44.6 Å². The van der Waals surface area contributed by atoms with Crippen LogP contribution in [-0.2, 0) is 23.9 Å². The van der Waals surface area contributed by atoms with Crippen LogP contribution in [0.25, 0.3) is 0 Å². The zero-order valence-electron chi connectivity index (χ0n) is 21.2. The van der Waals surface area contributed by atoms with Gasteiger partial charge in [-0.1, -0.05) is 0 Å². The molecule has 0 bridgehead atoms. The third kappa shape index (κ3) is 7.72. The molecule has 0 radical (unpaired) electrons. The lowest BCUT2D eigenvalue weighted by Crippen LogP contribution is -2.58. The zero-order chi connectivity index (χ0) is 25.4. The number of rotatable bonds is 9. The van der Waals surface area contributed by atoms with E-state index in [4.69, 9.17) is 4.74 Å². The van der Waals surface area contributed by atoms with Crippen molar-refractivity contribution in [3.8, 4) is 0 Å². The SMILES string of the molecule is COC1CCC(C(=O)N(N[C@@H](C)C(=O)O)C(=O)[C@@H]2CCCN(C(=O)CCC3CCNCC3)C2)CC1. The molecular weight excluding hydrogens is 452 g/mol. The smallest absolute Gasteiger partial charge is 0.322 e. The molecule has 0 aromatic rings. The van der Waals surface area contributed by atoms with Crippen molar-refractivity contribution in [2.24, 2.45) is 17.8 Å². The first-order chi connectivity index (χ1) is 16.8. The fraction of sp³-hybridized carbons (Fsp3) is 0.840. The second-order valence-electron chi connectivity index (χ2n) is 10.3. The summed E-state index contributed by atoms with van der Waals surface area (Å²) < 4.78 is 5.39. The molecule has 1 saturated carbocycles. The summed E-state index contributed by atoms with van der Waals surface area (Å²) in [6, 6.07) is -1.09. The van der Waals surface area contributed by atoms with Crippen LogP contribution in [0.4, 0.5) is 0 Å². The molecule has 0 aromatic heterocycles. The molecule has 2 heterocycles. The predicted molar refractivity (Wildman–Crippen MR) is 129 cm³/mol. The van der Waals surface area contributed by atoms with Crippen molar-refractivity contribution < 1.29 is 29.0 Å². The Morgan fingerprint density at radius 2 is 1.69 bits per heavy atom. The molecule has 2 aliphatic heterocycles. The van der Waals surface area contributed by atoms with Crippen LogP contribution in [0.2, 0.25) is 0 Å². The number of carboxylic acids is 1. The summed E-state index contributed by atoms with van der Waals surface area (Å²) in [7, 11) is 1.65. The van der Waals surface area contributed by atoms with E-state index < -0.39 is 23.8 Å². The maximum absolute atomic E-state index is 13.5. The molecule has 1 aliphatic carbocycles. The molecule has 3 amide bonds. The van der Waals surface area contributed by atoms with E-state index in [2.05, 4.69) is 10.7 Å². The molecule has 35 heavy (non-hydrogen) atoms. The summed E-state index contributed by atoms with van der Waals surface area (Å²) in [4.78, 5) is 53.0. The number of aliphatic carboxylic acids is 1. The summed E-state index contributed by atoms with van der Waals surface area (Å²) in [6.07, 6.45) is 7.52. The van der Waals surface area contributed by atoms with Crippen LogP contribution in [0, 0.1) is 17.8 Å². The number of nitrogens with zero attached hydrogens (tertiary/aromatic N) is 2. The van der Waals surface area contributed by atoms with Crippen molar-refractivity contribution in [3.05, 3.63) is 0 Å². The van der Waals surface area contributed by atoms with Gasteiger partial charge in [-0.3, -0.25) is 19.2 Å². The van der Waals surface area contributed by atoms with Crippen LogP contribution < -0.4 is 10.7 Å². The lowest BCUT2D eigenvalue weighted by Gasteiger charge is -2.37. The van der Waals surface area contributed by atoms with Crippen molar-refractivity contribution in [2.45, 2.75) is 83.3 Å². The number of carboxylic acid groups (broad SMARTS) is 1. The first-order valence-corrected chi connectivity index (χ1v) is 13.2. The van der Waals surface area contributed by atoms with Gasteiger partial charge < -0.3 is 20.1 Å². The number of piperidine rings is 2. The van der Waals surface area contributed by atoms with Gasteiger partial charge in [0.2, 0.25) is 17.7 Å². The van der Waals surface area contributed by atoms with Crippen molar-refractivity contribution >= 4 is 23.7 Å². The minimum Gasteiger partial charge on any atom is -0.480 e. The number of hydrazine groups is 1. The van der Waals surface area contributed by atoms with Crippen molar-refractivity contribution in [3.63, 3.8) is 0 Å². The number of imide groups is 1. The highest BCUT2D eigenvalue weighted by Crippen LogP contribution is 2.29. The average Bonchev–Trinajstić information content (AvgIpc) is 2.90. The number of methoxy groups -OCH3 is 1. The Kier molecular flexibility index (Phi) is 10.5. The number of amides is 3. The van der Waals surface area contributed by atoms with E-state index in [-0.39, 0.29) is 30.4 Å². The predicted octanol–water partition coefficient (Wildman–Crippen LogP) is 1.54. The first-order valence-electron chi connectivity index (χ1n) is 13.2. The summed E-state index contributed by atoms with van der Waals surface area (Å²) in [5.41, 5.74) is 2.64. The number of carbonyl (C=O) groups excluding carboxylic acids is 3. The summed E-state index contributed by atoms with van der Waals surface area (Å²) in [5, 5.41) is 13.7.